The Morgan fingerprint density at radius 2 is 2.16 bits per heavy atom. The van der Waals surface area contributed by atoms with Crippen molar-refractivity contribution in [3.05, 3.63) is 30.0 Å². The van der Waals surface area contributed by atoms with Gasteiger partial charge < -0.3 is 9.84 Å². The van der Waals surface area contributed by atoms with Crippen LogP contribution < -0.4 is 5.32 Å². The fraction of sp³-hybridized carbons (Fsp3) is 0.429. The molecule has 19 heavy (non-hydrogen) atoms. The van der Waals surface area contributed by atoms with Crippen LogP contribution >= 0.6 is 15.9 Å². The first-order valence-corrected chi connectivity index (χ1v) is 7.10. The zero-order valence-electron chi connectivity index (χ0n) is 11.2. The van der Waals surface area contributed by atoms with E-state index in [9.17, 15) is 4.79 Å². The molecule has 1 unspecified atom stereocenters. The summed E-state index contributed by atoms with van der Waals surface area (Å²) in [5.74, 6) is -0.0599. The Morgan fingerprint density at radius 3 is 2.84 bits per heavy atom. The Kier molecular flexibility index (Phi) is 3.94. The summed E-state index contributed by atoms with van der Waals surface area (Å²) in [5, 5.41) is 7.84. The first-order valence-electron chi connectivity index (χ1n) is 6.18. The van der Waals surface area contributed by atoms with Crippen molar-refractivity contribution < 1.29 is 9.32 Å². The SMILES string of the molecule is CC(Br)C(C)(C)NC(=O)Cc1noc2ccccc12. The summed E-state index contributed by atoms with van der Waals surface area (Å²) in [7, 11) is 0. The summed E-state index contributed by atoms with van der Waals surface area (Å²) in [6, 6.07) is 7.54. The van der Waals surface area contributed by atoms with Gasteiger partial charge in [0.1, 0.15) is 5.69 Å². The van der Waals surface area contributed by atoms with Gasteiger partial charge in [-0.1, -0.05) is 40.1 Å². The van der Waals surface area contributed by atoms with Crippen molar-refractivity contribution in [3.63, 3.8) is 0 Å². The average molecular weight is 325 g/mol. The number of hydrogen-bond acceptors (Lipinski definition) is 3. The molecule has 0 aliphatic rings. The molecule has 0 saturated carbocycles. The normalized spacial score (nSPS) is 13.5. The second kappa shape index (κ2) is 5.33. The number of alkyl halides is 1. The van der Waals surface area contributed by atoms with E-state index in [-0.39, 0.29) is 22.7 Å². The molecule has 0 aliphatic heterocycles. The van der Waals surface area contributed by atoms with Crippen LogP contribution in [0.15, 0.2) is 28.8 Å². The monoisotopic (exact) mass is 324 g/mol. The molecule has 2 rings (SSSR count). The second-order valence-corrected chi connectivity index (χ2v) is 6.56. The molecule has 1 N–H and O–H groups in total. The molecule has 0 spiro atoms. The number of fused-ring (bicyclic) bond motifs is 1. The standard InChI is InChI=1S/C14H17BrN2O2/c1-9(15)14(2,3)16-13(18)8-11-10-6-4-5-7-12(10)19-17-11/h4-7,9H,8H2,1-3H3,(H,16,18). The summed E-state index contributed by atoms with van der Waals surface area (Å²) in [6.07, 6.45) is 0.222. The topological polar surface area (TPSA) is 55.1 Å². The van der Waals surface area contributed by atoms with Crippen LogP contribution in [-0.4, -0.2) is 21.4 Å². The fourth-order valence-corrected chi connectivity index (χ4v) is 1.84. The van der Waals surface area contributed by atoms with E-state index in [0.717, 1.165) is 5.39 Å². The number of hydrogen-bond donors (Lipinski definition) is 1. The van der Waals surface area contributed by atoms with Crippen molar-refractivity contribution in [3.8, 4) is 0 Å². The van der Waals surface area contributed by atoms with Crippen molar-refractivity contribution in [2.45, 2.75) is 37.6 Å². The van der Waals surface area contributed by atoms with E-state index in [1.54, 1.807) is 0 Å². The van der Waals surface area contributed by atoms with Crippen molar-refractivity contribution in [2.24, 2.45) is 0 Å². The Bertz CT molecular complexity index is 590. The second-order valence-electron chi connectivity index (χ2n) is 5.19. The number of para-hydroxylation sites is 1. The Hall–Kier alpha value is -1.36. The van der Waals surface area contributed by atoms with E-state index in [0.29, 0.717) is 11.3 Å². The van der Waals surface area contributed by atoms with E-state index in [1.165, 1.54) is 0 Å². The molecule has 1 atom stereocenters. The van der Waals surface area contributed by atoms with Gasteiger partial charge in [0.2, 0.25) is 5.91 Å². The van der Waals surface area contributed by atoms with E-state index in [2.05, 4.69) is 26.4 Å². The van der Waals surface area contributed by atoms with Crippen LogP contribution in [0.1, 0.15) is 26.5 Å². The number of nitrogens with one attached hydrogen (secondary N) is 1. The van der Waals surface area contributed by atoms with Crippen molar-refractivity contribution in [1.29, 1.82) is 0 Å². The van der Waals surface area contributed by atoms with E-state index < -0.39 is 0 Å². The Morgan fingerprint density at radius 1 is 1.47 bits per heavy atom. The van der Waals surface area contributed by atoms with Crippen LogP contribution in [0.3, 0.4) is 0 Å². The molecule has 0 radical (unpaired) electrons. The first kappa shape index (κ1) is 14.1. The molecule has 102 valence electrons. The molecule has 5 heteroatoms. The summed E-state index contributed by atoms with van der Waals surface area (Å²) < 4.78 is 5.19. The lowest BCUT2D eigenvalue weighted by Gasteiger charge is -2.29. The summed E-state index contributed by atoms with van der Waals surface area (Å²) in [4.78, 5) is 12.2. The van der Waals surface area contributed by atoms with E-state index in [1.807, 2.05) is 45.0 Å². The number of carbonyl (C=O) groups is 1. The van der Waals surface area contributed by atoms with E-state index >= 15 is 0 Å². The zero-order chi connectivity index (χ0) is 14.0. The van der Waals surface area contributed by atoms with Crippen LogP contribution in [0.4, 0.5) is 0 Å². The van der Waals surface area contributed by atoms with Crippen LogP contribution in [-0.2, 0) is 11.2 Å². The van der Waals surface area contributed by atoms with Crippen molar-refractivity contribution >= 4 is 32.8 Å². The molecule has 1 amide bonds. The highest BCUT2D eigenvalue weighted by molar-refractivity contribution is 9.09. The number of benzene rings is 1. The molecule has 0 aliphatic carbocycles. The lowest BCUT2D eigenvalue weighted by atomic mass is 10.0. The quantitative estimate of drug-likeness (QED) is 0.879. The van der Waals surface area contributed by atoms with Gasteiger partial charge in [-0.15, -0.1) is 0 Å². The fourth-order valence-electron chi connectivity index (χ4n) is 1.72. The minimum absolute atomic E-state index is 0.0599. The minimum atomic E-state index is -0.309. The van der Waals surface area contributed by atoms with Gasteiger partial charge >= 0.3 is 0 Å². The van der Waals surface area contributed by atoms with Gasteiger partial charge in [-0.2, -0.15) is 0 Å². The summed E-state index contributed by atoms with van der Waals surface area (Å²) in [6.45, 7) is 5.96. The lowest BCUT2D eigenvalue weighted by molar-refractivity contribution is -0.122. The maximum absolute atomic E-state index is 12.1. The predicted molar refractivity (Wildman–Crippen MR) is 78.3 cm³/mol. The predicted octanol–water partition coefficient (Wildman–Crippen LogP) is 3.05. The number of nitrogens with zero attached hydrogens (tertiary/aromatic N) is 1. The lowest BCUT2D eigenvalue weighted by Crippen LogP contribution is -2.49. The number of halogens is 1. The molecule has 0 saturated heterocycles. The molecular weight excluding hydrogens is 308 g/mol. The first-order chi connectivity index (χ1) is 8.90. The van der Waals surface area contributed by atoms with Gasteiger partial charge in [0, 0.05) is 15.8 Å². The highest BCUT2D eigenvalue weighted by Gasteiger charge is 2.26. The van der Waals surface area contributed by atoms with Crippen molar-refractivity contribution in [1.82, 2.24) is 10.5 Å². The summed E-state index contributed by atoms with van der Waals surface area (Å²) >= 11 is 3.49. The molecule has 2 aromatic rings. The van der Waals surface area contributed by atoms with Gasteiger partial charge in [0.25, 0.3) is 0 Å². The number of aromatic nitrogens is 1. The van der Waals surface area contributed by atoms with Crippen molar-refractivity contribution in [2.75, 3.05) is 0 Å². The molecule has 4 nitrogen and oxygen atoms in total. The third-order valence-corrected chi connectivity index (χ3v) is 4.38. The molecule has 1 heterocycles. The Labute approximate surface area is 120 Å². The molecular formula is C14H17BrN2O2. The highest BCUT2D eigenvalue weighted by Crippen LogP contribution is 2.20. The largest absolute Gasteiger partial charge is 0.356 e. The van der Waals surface area contributed by atoms with Crippen LogP contribution in [0.25, 0.3) is 11.0 Å². The maximum Gasteiger partial charge on any atom is 0.226 e. The van der Waals surface area contributed by atoms with Crippen LogP contribution in [0.2, 0.25) is 0 Å². The maximum atomic E-state index is 12.1. The van der Waals surface area contributed by atoms with Crippen LogP contribution in [0, 0.1) is 0 Å². The number of rotatable bonds is 4. The Balaban J connectivity index is 2.11. The number of amides is 1. The smallest absolute Gasteiger partial charge is 0.226 e. The number of carbonyl (C=O) groups excluding carboxylic acids is 1. The van der Waals surface area contributed by atoms with Gasteiger partial charge in [-0.3, -0.25) is 4.79 Å². The van der Waals surface area contributed by atoms with Gasteiger partial charge in [-0.25, -0.2) is 0 Å². The minimum Gasteiger partial charge on any atom is -0.356 e. The molecule has 1 aromatic carbocycles. The van der Waals surface area contributed by atoms with Gasteiger partial charge in [0.05, 0.1) is 6.42 Å². The van der Waals surface area contributed by atoms with E-state index in [4.69, 9.17) is 4.52 Å². The average Bonchev–Trinajstić information content (AvgIpc) is 2.72. The van der Waals surface area contributed by atoms with Crippen LogP contribution in [0.5, 0.6) is 0 Å². The highest BCUT2D eigenvalue weighted by atomic mass is 79.9. The van der Waals surface area contributed by atoms with Gasteiger partial charge in [-0.05, 0) is 26.0 Å². The zero-order valence-corrected chi connectivity index (χ0v) is 12.8. The third kappa shape index (κ3) is 3.15. The molecule has 0 fully saturated rings. The summed E-state index contributed by atoms with van der Waals surface area (Å²) in [5.41, 5.74) is 1.07. The van der Waals surface area contributed by atoms with Gasteiger partial charge in [0.15, 0.2) is 5.58 Å². The third-order valence-electron chi connectivity index (χ3n) is 3.24. The molecule has 1 aromatic heterocycles. The molecule has 0 bridgehead atoms.